The van der Waals surface area contributed by atoms with Crippen molar-refractivity contribution in [2.45, 2.75) is 31.9 Å². The fraction of sp³-hybridized carbons (Fsp3) is 0.533. The lowest BCUT2D eigenvalue weighted by Crippen LogP contribution is -2.52. The molecule has 2 unspecified atom stereocenters. The molecule has 1 fully saturated rings. The predicted octanol–water partition coefficient (Wildman–Crippen LogP) is 0.491. The minimum Gasteiger partial charge on any atom is -0.508 e. The quantitative estimate of drug-likeness (QED) is 0.751. The zero-order valence-electron chi connectivity index (χ0n) is 11.7. The van der Waals surface area contributed by atoms with Gasteiger partial charge in [-0.15, -0.1) is 0 Å². The number of aliphatic hydroxyl groups excluding tert-OH is 1. The molecule has 1 saturated heterocycles. The first-order valence-corrected chi connectivity index (χ1v) is 6.97. The number of piperidine rings is 1. The lowest BCUT2D eigenvalue weighted by atomic mass is 9.95. The molecule has 0 aliphatic carbocycles. The molecule has 4 N–H and O–H groups in total. The summed E-state index contributed by atoms with van der Waals surface area (Å²) in [5.41, 5.74) is 6.87. The number of β-amino-alcohol motifs (C(OH)–C–C–N with tert-alkyl or cyclic N) is 1. The van der Waals surface area contributed by atoms with Gasteiger partial charge in [-0.05, 0) is 36.5 Å². The average molecular weight is 278 g/mol. The maximum Gasteiger partial charge on any atom is 0.239 e. The molecule has 1 aromatic carbocycles. The fourth-order valence-electron chi connectivity index (χ4n) is 2.46. The summed E-state index contributed by atoms with van der Waals surface area (Å²) in [5, 5.41) is 19.1. The Labute approximate surface area is 119 Å². The van der Waals surface area contributed by atoms with Crippen molar-refractivity contribution in [1.82, 2.24) is 4.90 Å². The Bertz CT molecular complexity index is 461. The summed E-state index contributed by atoms with van der Waals surface area (Å²) in [7, 11) is 0. The number of phenolic OH excluding ortho intramolecular Hbond substituents is 1. The minimum atomic E-state index is -0.611. The van der Waals surface area contributed by atoms with E-state index < -0.39 is 12.1 Å². The van der Waals surface area contributed by atoms with E-state index in [2.05, 4.69) is 0 Å². The molecule has 1 heterocycles. The van der Waals surface area contributed by atoms with Gasteiger partial charge in [0.25, 0.3) is 0 Å². The molecule has 1 aliphatic rings. The molecule has 0 spiro atoms. The highest BCUT2D eigenvalue weighted by molar-refractivity contribution is 5.82. The number of carbonyl (C=O) groups is 1. The fourth-order valence-corrected chi connectivity index (χ4v) is 2.46. The molecular formula is C15H22N2O3. The van der Waals surface area contributed by atoms with Gasteiger partial charge in [-0.3, -0.25) is 4.79 Å². The molecule has 0 bridgehead atoms. The Balaban J connectivity index is 1.93. The van der Waals surface area contributed by atoms with E-state index in [9.17, 15) is 15.0 Å². The SMILES string of the molecule is CC1CCN(C(=O)[C@H](N)Cc2ccc(O)cc2)CC1O. The van der Waals surface area contributed by atoms with Crippen LogP contribution in [0.5, 0.6) is 5.75 Å². The number of phenols is 1. The first-order chi connectivity index (χ1) is 9.47. The summed E-state index contributed by atoms with van der Waals surface area (Å²) in [5.74, 6) is 0.304. The van der Waals surface area contributed by atoms with E-state index in [0.717, 1.165) is 12.0 Å². The molecule has 5 heteroatoms. The maximum atomic E-state index is 12.3. The van der Waals surface area contributed by atoms with Crippen LogP contribution in [0.15, 0.2) is 24.3 Å². The first-order valence-electron chi connectivity index (χ1n) is 6.97. The summed E-state index contributed by atoms with van der Waals surface area (Å²) < 4.78 is 0. The van der Waals surface area contributed by atoms with Crippen LogP contribution in [0.1, 0.15) is 18.9 Å². The van der Waals surface area contributed by atoms with Crippen molar-refractivity contribution in [3.63, 3.8) is 0 Å². The standard InChI is InChI=1S/C15H22N2O3/c1-10-6-7-17(9-14(10)19)15(20)13(16)8-11-2-4-12(18)5-3-11/h2-5,10,13-14,18-19H,6-9,16H2,1H3/t10?,13-,14?/m1/s1. The molecule has 0 aromatic heterocycles. The van der Waals surface area contributed by atoms with Crippen molar-refractivity contribution < 1.29 is 15.0 Å². The zero-order valence-corrected chi connectivity index (χ0v) is 11.7. The third kappa shape index (κ3) is 3.49. The Morgan fingerprint density at radius 2 is 2.10 bits per heavy atom. The van der Waals surface area contributed by atoms with Crippen LogP contribution in [0.2, 0.25) is 0 Å². The molecule has 0 saturated carbocycles. The van der Waals surface area contributed by atoms with Crippen LogP contribution in [0.4, 0.5) is 0 Å². The van der Waals surface area contributed by atoms with Crippen molar-refractivity contribution in [2.24, 2.45) is 11.7 Å². The topological polar surface area (TPSA) is 86.8 Å². The summed E-state index contributed by atoms with van der Waals surface area (Å²) in [6, 6.07) is 6.07. The van der Waals surface area contributed by atoms with Gasteiger partial charge in [0.15, 0.2) is 0 Å². The normalized spacial score (nSPS) is 24.4. The van der Waals surface area contributed by atoms with Crippen LogP contribution in [-0.4, -0.2) is 46.3 Å². The van der Waals surface area contributed by atoms with Crippen molar-refractivity contribution in [3.8, 4) is 5.75 Å². The van der Waals surface area contributed by atoms with E-state index in [1.165, 1.54) is 0 Å². The molecule has 20 heavy (non-hydrogen) atoms. The lowest BCUT2D eigenvalue weighted by molar-refractivity contribution is -0.136. The molecular weight excluding hydrogens is 256 g/mol. The number of likely N-dealkylation sites (tertiary alicyclic amines) is 1. The third-order valence-corrected chi connectivity index (χ3v) is 3.94. The van der Waals surface area contributed by atoms with Gasteiger partial charge < -0.3 is 20.8 Å². The van der Waals surface area contributed by atoms with Crippen LogP contribution >= 0.6 is 0 Å². The highest BCUT2D eigenvalue weighted by Gasteiger charge is 2.29. The predicted molar refractivity (Wildman–Crippen MR) is 76.2 cm³/mol. The first kappa shape index (κ1) is 14.8. The Hall–Kier alpha value is -1.59. The summed E-state index contributed by atoms with van der Waals surface area (Å²) in [6.45, 7) is 3.01. The van der Waals surface area contributed by atoms with Crippen LogP contribution in [0.3, 0.4) is 0 Å². The molecule has 1 aliphatic heterocycles. The number of nitrogens with two attached hydrogens (primary N) is 1. The van der Waals surface area contributed by atoms with Crippen LogP contribution in [0, 0.1) is 5.92 Å². The number of nitrogens with zero attached hydrogens (tertiary/aromatic N) is 1. The molecule has 110 valence electrons. The number of benzene rings is 1. The maximum absolute atomic E-state index is 12.3. The van der Waals surface area contributed by atoms with E-state index in [1.807, 2.05) is 6.92 Å². The molecule has 1 amide bonds. The molecule has 0 radical (unpaired) electrons. The number of hydrogen-bond donors (Lipinski definition) is 3. The molecule has 5 nitrogen and oxygen atoms in total. The lowest BCUT2D eigenvalue weighted by Gasteiger charge is -2.35. The monoisotopic (exact) mass is 278 g/mol. The van der Waals surface area contributed by atoms with Gasteiger partial charge in [0.1, 0.15) is 5.75 Å². The van der Waals surface area contributed by atoms with Gasteiger partial charge in [-0.1, -0.05) is 19.1 Å². The van der Waals surface area contributed by atoms with Crippen molar-refractivity contribution >= 4 is 5.91 Å². The van der Waals surface area contributed by atoms with Gasteiger partial charge >= 0.3 is 0 Å². The number of aromatic hydroxyl groups is 1. The number of carbonyl (C=O) groups excluding carboxylic acids is 1. The van der Waals surface area contributed by atoms with Gasteiger partial charge in [0, 0.05) is 13.1 Å². The number of rotatable bonds is 3. The molecule has 3 atom stereocenters. The van der Waals surface area contributed by atoms with Crippen molar-refractivity contribution in [3.05, 3.63) is 29.8 Å². The Morgan fingerprint density at radius 1 is 1.45 bits per heavy atom. The van der Waals surface area contributed by atoms with E-state index in [1.54, 1.807) is 29.2 Å². The largest absolute Gasteiger partial charge is 0.508 e. The van der Waals surface area contributed by atoms with Crippen molar-refractivity contribution in [2.75, 3.05) is 13.1 Å². The van der Waals surface area contributed by atoms with Gasteiger partial charge in [0.05, 0.1) is 12.1 Å². The van der Waals surface area contributed by atoms with Crippen LogP contribution in [-0.2, 0) is 11.2 Å². The van der Waals surface area contributed by atoms with Crippen molar-refractivity contribution in [1.29, 1.82) is 0 Å². The average Bonchev–Trinajstić information content (AvgIpc) is 2.43. The Morgan fingerprint density at radius 3 is 2.70 bits per heavy atom. The summed E-state index contributed by atoms with van der Waals surface area (Å²) in [6.07, 6.45) is 0.772. The number of hydrogen-bond acceptors (Lipinski definition) is 4. The number of aliphatic hydroxyl groups is 1. The van der Waals surface area contributed by atoms with Gasteiger partial charge in [-0.25, -0.2) is 0 Å². The second-order valence-electron chi connectivity index (χ2n) is 5.59. The van der Waals surface area contributed by atoms with E-state index in [0.29, 0.717) is 19.5 Å². The highest BCUT2D eigenvalue weighted by Crippen LogP contribution is 2.18. The second-order valence-corrected chi connectivity index (χ2v) is 5.59. The number of amides is 1. The summed E-state index contributed by atoms with van der Waals surface area (Å²) in [4.78, 5) is 13.9. The highest BCUT2D eigenvalue weighted by atomic mass is 16.3. The molecule has 1 aromatic rings. The van der Waals surface area contributed by atoms with Crippen LogP contribution < -0.4 is 5.73 Å². The van der Waals surface area contributed by atoms with Gasteiger partial charge in [0.2, 0.25) is 5.91 Å². The van der Waals surface area contributed by atoms with E-state index in [4.69, 9.17) is 5.73 Å². The smallest absolute Gasteiger partial charge is 0.239 e. The Kier molecular flexibility index (Phi) is 4.62. The second kappa shape index (κ2) is 6.24. The van der Waals surface area contributed by atoms with E-state index >= 15 is 0 Å². The van der Waals surface area contributed by atoms with Gasteiger partial charge in [-0.2, -0.15) is 0 Å². The van der Waals surface area contributed by atoms with E-state index in [-0.39, 0.29) is 17.6 Å². The molecule has 2 rings (SSSR count). The van der Waals surface area contributed by atoms with Crippen LogP contribution in [0.25, 0.3) is 0 Å². The summed E-state index contributed by atoms with van der Waals surface area (Å²) >= 11 is 0. The third-order valence-electron chi connectivity index (χ3n) is 3.94. The zero-order chi connectivity index (χ0) is 14.7. The minimum absolute atomic E-state index is 0.121.